The number of hydrogen-bond acceptors (Lipinski definition) is 2. The summed E-state index contributed by atoms with van der Waals surface area (Å²) in [6.45, 7) is 4.98. The fourth-order valence-corrected chi connectivity index (χ4v) is 1.86. The lowest BCUT2D eigenvalue weighted by Crippen LogP contribution is -2.29. The van der Waals surface area contributed by atoms with Gasteiger partial charge in [-0.15, -0.1) is 0 Å². The van der Waals surface area contributed by atoms with Gasteiger partial charge in [-0.25, -0.2) is 0 Å². The first-order valence-electron chi connectivity index (χ1n) is 6.26. The number of carbonyl (C=O) groups excluding carboxylic acids is 1. The van der Waals surface area contributed by atoms with E-state index in [0.29, 0.717) is 23.0 Å². The van der Waals surface area contributed by atoms with E-state index in [0.717, 1.165) is 18.4 Å². The maximum absolute atomic E-state index is 12.0. The third kappa shape index (κ3) is 4.11. The second kappa shape index (κ2) is 7.11. The van der Waals surface area contributed by atoms with Crippen LogP contribution in [0.15, 0.2) is 24.3 Å². The van der Waals surface area contributed by atoms with Gasteiger partial charge in [0.05, 0.1) is 0 Å². The van der Waals surface area contributed by atoms with E-state index in [1.807, 2.05) is 0 Å². The van der Waals surface area contributed by atoms with Gasteiger partial charge < -0.3 is 11.1 Å². The van der Waals surface area contributed by atoms with Crippen molar-refractivity contribution in [1.82, 2.24) is 5.32 Å². The van der Waals surface area contributed by atoms with Crippen LogP contribution >= 0.6 is 12.2 Å². The predicted molar refractivity (Wildman–Crippen MR) is 78.7 cm³/mol. The molecule has 1 aromatic rings. The van der Waals surface area contributed by atoms with Crippen LogP contribution in [0.3, 0.4) is 0 Å². The van der Waals surface area contributed by atoms with E-state index < -0.39 is 0 Å². The van der Waals surface area contributed by atoms with E-state index in [-0.39, 0.29) is 5.91 Å². The average Bonchev–Trinajstić information content (AvgIpc) is 2.39. The first-order valence-corrected chi connectivity index (χ1v) is 6.67. The van der Waals surface area contributed by atoms with E-state index in [9.17, 15) is 4.79 Å². The topological polar surface area (TPSA) is 55.1 Å². The van der Waals surface area contributed by atoms with Crippen molar-refractivity contribution in [2.45, 2.75) is 26.7 Å². The van der Waals surface area contributed by atoms with E-state index in [2.05, 4.69) is 19.2 Å². The Morgan fingerprint density at radius 3 is 2.50 bits per heavy atom. The Morgan fingerprint density at radius 2 is 1.94 bits per heavy atom. The number of amides is 1. The average molecular weight is 264 g/mol. The second-order valence-corrected chi connectivity index (χ2v) is 4.78. The number of hydrogen-bond donors (Lipinski definition) is 2. The Hall–Kier alpha value is -1.42. The molecule has 0 radical (unpaired) electrons. The van der Waals surface area contributed by atoms with Crippen LogP contribution in [-0.4, -0.2) is 17.4 Å². The van der Waals surface area contributed by atoms with Crippen molar-refractivity contribution in [3.8, 4) is 0 Å². The van der Waals surface area contributed by atoms with Crippen molar-refractivity contribution in [2.24, 2.45) is 11.7 Å². The molecule has 3 N–H and O–H groups in total. The third-order valence-electron chi connectivity index (χ3n) is 3.12. The van der Waals surface area contributed by atoms with Crippen LogP contribution in [0.25, 0.3) is 0 Å². The molecule has 0 atom stereocenters. The molecular weight excluding hydrogens is 244 g/mol. The molecule has 0 bridgehead atoms. The first kappa shape index (κ1) is 14.6. The largest absolute Gasteiger partial charge is 0.389 e. The highest BCUT2D eigenvalue weighted by atomic mass is 32.1. The molecule has 0 aromatic heterocycles. The Labute approximate surface area is 114 Å². The van der Waals surface area contributed by atoms with Crippen LogP contribution in [0.5, 0.6) is 0 Å². The van der Waals surface area contributed by atoms with Gasteiger partial charge in [0.2, 0.25) is 0 Å². The van der Waals surface area contributed by atoms with Crippen molar-refractivity contribution in [1.29, 1.82) is 0 Å². The first-order chi connectivity index (χ1) is 8.58. The van der Waals surface area contributed by atoms with Crippen LogP contribution in [0, 0.1) is 5.92 Å². The van der Waals surface area contributed by atoms with E-state index in [4.69, 9.17) is 18.0 Å². The Kier molecular flexibility index (Phi) is 5.78. The molecule has 0 unspecified atom stereocenters. The summed E-state index contributed by atoms with van der Waals surface area (Å²) in [7, 11) is 0. The summed E-state index contributed by atoms with van der Waals surface area (Å²) in [5.41, 5.74) is 6.87. The van der Waals surface area contributed by atoms with Gasteiger partial charge in [0.15, 0.2) is 0 Å². The Bertz CT molecular complexity index is 428. The number of benzene rings is 1. The van der Waals surface area contributed by atoms with Gasteiger partial charge >= 0.3 is 0 Å². The van der Waals surface area contributed by atoms with E-state index in [1.165, 1.54) is 0 Å². The fourth-order valence-electron chi connectivity index (χ4n) is 1.73. The van der Waals surface area contributed by atoms with Gasteiger partial charge in [-0.05, 0) is 18.1 Å². The summed E-state index contributed by atoms with van der Waals surface area (Å²) >= 11 is 4.90. The van der Waals surface area contributed by atoms with Gasteiger partial charge in [0, 0.05) is 17.7 Å². The molecule has 0 aliphatic rings. The van der Waals surface area contributed by atoms with Crippen LogP contribution in [-0.2, 0) is 0 Å². The Balaban J connectivity index is 2.67. The second-order valence-electron chi connectivity index (χ2n) is 4.34. The molecule has 0 aliphatic heterocycles. The summed E-state index contributed by atoms with van der Waals surface area (Å²) in [6, 6.07) is 7.09. The molecule has 0 aliphatic carbocycles. The van der Waals surface area contributed by atoms with Crippen molar-refractivity contribution in [2.75, 3.05) is 6.54 Å². The van der Waals surface area contributed by atoms with Crippen molar-refractivity contribution in [3.05, 3.63) is 35.4 Å². The van der Waals surface area contributed by atoms with Crippen LogP contribution < -0.4 is 11.1 Å². The quantitative estimate of drug-likeness (QED) is 0.776. The highest BCUT2D eigenvalue weighted by Gasteiger charge is 2.09. The van der Waals surface area contributed by atoms with Crippen LogP contribution in [0.2, 0.25) is 0 Å². The molecule has 1 aromatic carbocycles. The lowest BCUT2D eigenvalue weighted by molar-refractivity contribution is 0.0946. The van der Waals surface area contributed by atoms with Gasteiger partial charge in [0.25, 0.3) is 5.91 Å². The Morgan fingerprint density at radius 1 is 1.33 bits per heavy atom. The SMILES string of the molecule is CCC(CC)CNC(=O)c1cccc(C(N)=S)c1. The maximum Gasteiger partial charge on any atom is 0.251 e. The summed E-state index contributed by atoms with van der Waals surface area (Å²) in [5, 5.41) is 2.94. The van der Waals surface area contributed by atoms with Gasteiger partial charge in [-0.2, -0.15) is 0 Å². The fraction of sp³-hybridized carbons (Fsp3) is 0.429. The number of nitrogens with two attached hydrogens (primary N) is 1. The highest BCUT2D eigenvalue weighted by Crippen LogP contribution is 2.08. The van der Waals surface area contributed by atoms with E-state index in [1.54, 1.807) is 24.3 Å². The zero-order chi connectivity index (χ0) is 13.5. The molecule has 18 heavy (non-hydrogen) atoms. The smallest absolute Gasteiger partial charge is 0.251 e. The standard InChI is InChI=1S/C14H20N2OS/c1-3-10(4-2)9-16-14(17)12-7-5-6-11(8-12)13(15)18/h5-8,10H,3-4,9H2,1-2H3,(H2,15,18)(H,16,17). The number of thiocarbonyl (C=S) groups is 1. The highest BCUT2D eigenvalue weighted by molar-refractivity contribution is 7.80. The van der Waals surface area contributed by atoms with E-state index >= 15 is 0 Å². The summed E-state index contributed by atoms with van der Waals surface area (Å²) in [6.07, 6.45) is 2.15. The summed E-state index contributed by atoms with van der Waals surface area (Å²) in [5.74, 6) is 0.465. The van der Waals surface area contributed by atoms with Gasteiger partial charge in [-0.1, -0.05) is 51.0 Å². The van der Waals surface area contributed by atoms with Crippen molar-refractivity contribution >= 4 is 23.1 Å². The van der Waals surface area contributed by atoms with Crippen molar-refractivity contribution in [3.63, 3.8) is 0 Å². The lowest BCUT2D eigenvalue weighted by Gasteiger charge is -2.13. The molecule has 3 nitrogen and oxygen atoms in total. The molecule has 0 heterocycles. The zero-order valence-electron chi connectivity index (χ0n) is 10.9. The molecule has 1 rings (SSSR count). The summed E-state index contributed by atoms with van der Waals surface area (Å²) in [4.78, 5) is 12.3. The summed E-state index contributed by atoms with van der Waals surface area (Å²) < 4.78 is 0. The normalized spacial score (nSPS) is 10.4. The molecule has 1 amide bonds. The van der Waals surface area contributed by atoms with Gasteiger partial charge in [-0.3, -0.25) is 4.79 Å². The predicted octanol–water partition coefficient (Wildman–Crippen LogP) is 2.49. The van der Waals surface area contributed by atoms with Crippen LogP contribution in [0.1, 0.15) is 42.6 Å². The van der Waals surface area contributed by atoms with Gasteiger partial charge in [0.1, 0.15) is 4.99 Å². The monoisotopic (exact) mass is 264 g/mol. The third-order valence-corrected chi connectivity index (χ3v) is 3.35. The molecular formula is C14H20N2OS. The minimum absolute atomic E-state index is 0.0694. The number of carbonyl (C=O) groups is 1. The maximum atomic E-state index is 12.0. The minimum Gasteiger partial charge on any atom is -0.389 e. The molecule has 0 fully saturated rings. The van der Waals surface area contributed by atoms with Crippen LogP contribution in [0.4, 0.5) is 0 Å². The molecule has 98 valence electrons. The zero-order valence-corrected chi connectivity index (χ0v) is 11.7. The lowest BCUT2D eigenvalue weighted by atomic mass is 10.0. The molecule has 0 saturated heterocycles. The number of nitrogens with one attached hydrogen (secondary N) is 1. The molecule has 0 spiro atoms. The number of rotatable bonds is 6. The van der Waals surface area contributed by atoms with Crippen molar-refractivity contribution < 1.29 is 4.79 Å². The minimum atomic E-state index is -0.0694. The molecule has 4 heteroatoms. The molecule has 0 saturated carbocycles.